The van der Waals surface area contributed by atoms with Gasteiger partial charge < -0.3 is 20.2 Å². The molecular weight excluding hydrogens is 296 g/mol. The molecule has 2 amide bonds. The Morgan fingerprint density at radius 3 is 2.83 bits per heavy atom. The van der Waals surface area contributed by atoms with Crippen LogP contribution in [-0.4, -0.2) is 27.5 Å². The predicted molar refractivity (Wildman–Crippen MR) is 84.3 cm³/mol. The molecule has 0 spiro atoms. The quantitative estimate of drug-likeness (QED) is 0.674. The van der Waals surface area contributed by atoms with Crippen LogP contribution < -0.4 is 10.6 Å². The highest BCUT2D eigenvalue weighted by Gasteiger charge is 2.12. The van der Waals surface area contributed by atoms with Crippen LogP contribution in [0.15, 0.2) is 65.5 Å². The molecule has 3 N–H and O–H groups in total. The number of anilines is 1. The lowest BCUT2D eigenvalue weighted by atomic mass is 10.3. The van der Waals surface area contributed by atoms with Crippen molar-refractivity contribution in [3.8, 4) is 5.69 Å². The second kappa shape index (κ2) is 6.80. The van der Waals surface area contributed by atoms with E-state index < -0.39 is 12.1 Å². The van der Waals surface area contributed by atoms with E-state index in [1.54, 1.807) is 29.2 Å². The lowest BCUT2D eigenvalue weighted by Gasteiger charge is -2.09. The van der Waals surface area contributed by atoms with Crippen LogP contribution in [0.1, 0.15) is 11.9 Å². The summed E-state index contributed by atoms with van der Waals surface area (Å²) in [5.41, 5.74) is 1.45. The molecule has 0 bridgehead atoms. The van der Waals surface area contributed by atoms with E-state index in [0.717, 1.165) is 5.69 Å². The minimum absolute atomic E-state index is 0.0478. The number of nitrogens with zero attached hydrogens (tertiary/aromatic N) is 2. The third kappa shape index (κ3) is 3.78. The van der Waals surface area contributed by atoms with Crippen molar-refractivity contribution in [2.45, 2.75) is 6.10 Å². The first-order chi connectivity index (χ1) is 11.2. The average Bonchev–Trinajstić information content (AvgIpc) is 3.25. The van der Waals surface area contributed by atoms with Crippen LogP contribution >= 0.6 is 0 Å². The molecule has 23 heavy (non-hydrogen) atoms. The molecule has 7 nitrogen and oxygen atoms in total. The van der Waals surface area contributed by atoms with Gasteiger partial charge in [-0.3, -0.25) is 0 Å². The van der Waals surface area contributed by atoms with E-state index in [0.29, 0.717) is 11.4 Å². The van der Waals surface area contributed by atoms with Gasteiger partial charge in [-0.1, -0.05) is 18.2 Å². The summed E-state index contributed by atoms with van der Waals surface area (Å²) >= 11 is 0. The van der Waals surface area contributed by atoms with Gasteiger partial charge in [-0.05, 0) is 24.3 Å². The first-order valence-corrected chi connectivity index (χ1v) is 7.09. The van der Waals surface area contributed by atoms with Crippen LogP contribution in [0.4, 0.5) is 10.5 Å². The zero-order valence-corrected chi connectivity index (χ0v) is 12.2. The fraction of sp³-hybridized carbons (Fsp3) is 0.125. The van der Waals surface area contributed by atoms with E-state index in [1.807, 2.05) is 30.3 Å². The van der Waals surface area contributed by atoms with E-state index in [9.17, 15) is 9.90 Å². The molecule has 3 aromatic rings. The number of hydrogen-bond donors (Lipinski definition) is 3. The third-order valence-corrected chi connectivity index (χ3v) is 3.19. The maximum absolute atomic E-state index is 11.8. The number of nitrogens with one attached hydrogen (secondary N) is 2. The summed E-state index contributed by atoms with van der Waals surface area (Å²) in [6, 6.07) is 12.5. The van der Waals surface area contributed by atoms with Gasteiger partial charge in [0.05, 0.1) is 36.6 Å². The number of urea groups is 1. The number of benzene rings is 1. The summed E-state index contributed by atoms with van der Waals surface area (Å²) in [4.78, 5) is 11.8. The lowest BCUT2D eigenvalue weighted by molar-refractivity contribution is 0.149. The van der Waals surface area contributed by atoms with Gasteiger partial charge in [-0.15, -0.1) is 0 Å². The Morgan fingerprint density at radius 2 is 2.09 bits per heavy atom. The molecule has 1 atom stereocenters. The molecule has 2 heterocycles. The largest absolute Gasteiger partial charge is 0.467 e. The van der Waals surface area contributed by atoms with E-state index in [-0.39, 0.29) is 6.54 Å². The van der Waals surface area contributed by atoms with Crippen LogP contribution in [0, 0.1) is 0 Å². The molecule has 0 saturated heterocycles. The zero-order chi connectivity index (χ0) is 16.1. The van der Waals surface area contributed by atoms with Crippen molar-refractivity contribution in [1.29, 1.82) is 0 Å². The minimum Gasteiger partial charge on any atom is -0.467 e. The Kier molecular flexibility index (Phi) is 4.39. The first-order valence-electron chi connectivity index (χ1n) is 7.09. The van der Waals surface area contributed by atoms with Gasteiger partial charge in [-0.25, -0.2) is 9.48 Å². The predicted octanol–water partition coefficient (Wildman–Crippen LogP) is 2.32. The molecule has 2 aromatic heterocycles. The van der Waals surface area contributed by atoms with E-state index >= 15 is 0 Å². The van der Waals surface area contributed by atoms with E-state index in [2.05, 4.69) is 15.7 Å². The molecular formula is C16H16N4O3. The molecule has 0 aliphatic rings. The van der Waals surface area contributed by atoms with Crippen molar-refractivity contribution in [1.82, 2.24) is 15.1 Å². The number of carbonyl (C=O) groups is 1. The van der Waals surface area contributed by atoms with Crippen LogP contribution in [0.5, 0.6) is 0 Å². The van der Waals surface area contributed by atoms with Crippen molar-refractivity contribution < 1.29 is 14.3 Å². The second-order valence-electron chi connectivity index (χ2n) is 4.88. The Balaban J connectivity index is 1.53. The Morgan fingerprint density at radius 1 is 1.26 bits per heavy atom. The highest BCUT2D eigenvalue weighted by Crippen LogP contribution is 2.13. The summed E-state index contributed by atoms with van der Waals surface area (Å²) < 4.78 is 6.72. The van der Waals surface area contributed by atoms with Crippen molar-refractivity contribution in [3.63, 3.8) is 0 Å². The molecule has 0 fully saturated rings. The number of aromatic nitrogens is 2. The standard InChI is InChI=1S/C16H16N4O3/c21-14(15-7-4-8-23-15)10-17-16(22)19-12-9-18-20(11-12)13-5-2-1-3-6-13/h1-9,11,14,21H,10H2,(H2,17,19,22). The molecule has 3 rings (SSSR count). The summed E-state index contributed by atoms with van der Waals surface area (Å²) in [5.74, 6) is 0.405. The van der Waals surface area contributed by atoms with Gasteiger partial charge >= 0.3 is 6.03 Å². The monoisotopic (exact) mass is 312 g/mol. The average molecular weight is 312 g/mol. The van der Waals surface area contributed by atoms with Crippen LogP contribution in [0.3, 0.4) is 0 Å². The van der Waals surface area contributed by atoms with E-state index in [1.165, 1.54) is 6.26 Å². The third-order valence-electron chi connectivity index (χ3n) is 3.19. The molecule has 0 aliphatic carbocycles. The second-order valence-corrected chi connectivity index (χ2v) is 4.88. The smallest absolute Gasteiger partial charge is 0.319 e. The number of carbonyl (C=O) groups excluding carboxylic acids is 1. The molecule has 0 radical (unpaired) electrons. The van der Waals surface area contributed by atoms with Crippen LogP contribution in [0.25, 0.3) is 5.69 Å². The maximum atomic E-state index is 11.8. The van der Waals surface area contributed by atoms with Crippen molar-refractivity contribution in [3.05, 3.63) is 66.9 Å². The number of aliphatic hydroxyl groups excluding tert-OH is 1. The van der Waals surface area contributed by atoms with Crippen molar-refractivity contribution in [2.75, 3.05) is 11.9 Å². The summed E-state index contributed by atoms with van der Waals surface area (Å²) in [6.45, 7) is 0.0478. The first kappa shape index (κ1) is 14.9. The SMILES string of the molecule is O=C(NCC(O)c1ccco1)Nc1cnn(-c2ccccc2)c1. The highest BCUT2D eigenvalue weighted by atomic mass is 16.4. The van der Waals surface area contributed by atoms with E-state index in [4.69, 9.17) is 4.42 Å². The summed E-state index contributed by atoms with van der Waals surface area (Å²) in [7, 11) is 0. The Labute approximate surface area is 132 Å². The fourth-order valence-corrected chi connectivity index (χ4v) is 2.06. The molecule has 118 valence electrons. The highest BCUT2D eigenvalue weighted by molar-refractivity contribution is 5.88. The molecule has 1 unspecified atom stereocenters. The molecule has 7 heteroatoms. The van der Waals surface area contributed by atoms with Crippen LogP contribution in [-0.2, 0) is 0 Å². The fourth-order valence-electron chi connectivity index (χ4n) is 2.06. The van der Waals surface area contributed by atoms with Gasteiger partial charge in [0.25, 0.3) is 0 Å². The molecule has 0 aliphatic heterocycles. The Bertz CT molecular complexity index is 753. The van der Waals surface area contributed by atoms with Gasteiger partial charge in [0.2, 0.25) is 0 Å². The van der Waals surface area contributed by atoms with Crippen LogP contribution in [0.2, 0.25) is 0 Å². The summed E-state index contributed by atoms with van der Waals surface area (Å²) in [6.07, 6.45) is 3.84. The number of furan rings is 1. The number of rotatable bonds is 5. The number of hydrogen-bond acceptors (Lipinski definition) is 4. The van der Waals surface area contributed by atoms with Crippen molar-refractivity contribution in [2.24, 2.45) is 0 Å². The lowest BCUT2D eigenvalue weighted by Crippen LogP contribution is -2.32. The number of para-hydroxylation sites is 1. The zero-order valence-electron chi connectivity index (χ0n) is 12.2. The normalized spacial score (nSPS) is 11.9. The van der Waals surface area contributed by atoms with Gasteiger partial charge in [0.1, 0.15) is 11.9 Å². The molecule has 1 aromatic carbocycles. The van der Waals surface area contributed by atoms with Crippen molar-refractivity contribution >= 4 is 11.7 Å². The Hall–Kier alpha value is -3.06. The van der Waals surface area contributed by atoms with Gasteiger partial charge in [0.15, 0.2) is 0 Å². The number of aliphatic hydroxyl groups is 1. The van der Waals surface area contributed by atoms with Gasteiger partial charge in [-0.2, -0.15) is 5.10 Å². The molecule has 0 saturated carbocycles. The number of amides is 2. The minimum atomic E-state index is -0.886. The topological polar surface area (TPSA) is 92.3 Å². The maximum Gasteiger partial charge on any atom is 0.319 e. The summed E-state index contributed by atoms with van der Waals surface area (Å²) in [5, 5.41) is 19.2. The van der Waals surface area contributed by atoms with Gasteiger partial charge in [0, 0.05) is 0 Å².